The second kappa shape index (κ2) is 2.55. The summed E-state index contributed by atoms with van der Waals surface area (Å²) in [6, 6.07) is 0. The molecule has 0 nitrogen and oxygen atoms in total. The van der Waals surface area contributed by atoms with Gasteiger partial charge in [-0.3, -0.25) is 0 Å². The summed E-state index contributed by atoms with van der Waals surface area (Å²) in [4.78, 5) is 0. The summed E-state index contributed by atoms with van der Waals surface area (Å²) in [5, 5.41) is 0.663. The van der Waals surface area contributed by atoms with E-state index in [1.807, 2.05) is 0 Å². The second-order valence-electron chi connectivity index (χ2n) is 6.51. The molecule has 0 bridgehead atoms. The summed E-state index contributed by atoms with van der Waals surface area (Å²) < 4.78 is 0. The van der Waals surface area contributed by atoms with Crippen molar-refractivity contribution in [3.8, 4) is 0 Å². The van der Waals surface area contributed by atoms with Gasteiger partial charge < -0.3 is 0 Å². The van der Waals surface area contributed by atoms with Gasteiger partial charge in [0.05, 0.1) is 0 Å². The molecule has 0 saturated heterocycles. The maximum absolute atomic E-state index is 2.49. The van der Waals surface area contributed by atoms with E-state index in [0.29, 0.717) is 5.31 Å². The summed E-state index contributed by atoms with van der Waals surface area (Å²) in [5.74, 6) is 4.77. The van der Waals surface area contributed by atoms with Crippen LogP contribution in [0.15, 0.2) is 0 Å². The maximum atomic E-state index is 2.49. The predicted molar refractivity (Wildman–Crippen MR) is 58.6 cm³/mol. The molecule has 4 atom stereocenters. The Bertz CT molecular complexity index is 213. The van der Waals surface area contributed by atoms with Gasteiger partial charge in [0.15, 0.2) is 0 Å². The highest BCUT2D eigenvalue weighted by atomic mass is 14.7. The molecule has 0 heterocycles. The van der Waals surface area contributed by atoms with Gasteiger partial charge in [-0.05, 0) is 30.1 Å². The molecule has 0 aromatic carbocycles. The van der Waals surface area contributed by atoms with Crippen LogP contribution in [0.25, 0.3) is 0 Å². The van der Waals surface area contributed by atoms with Crippen molar-refractivity contribution in [2.24, 2.45) is 23.7 Å². The third-order valence-electron chi connectivity index (χ3n) is 4.78. The van der Waals surface area contributed by atoms with Crippen LogP contribution in [0.4, 0.5) is 0 Å². The first-order valence-electron chi connectivity index (χ1n) is 6.17. The fourth-order valence-electron chi connectivity index (χ4n) is 3.78. The van der Waals surface area contributed by atoms with E-state index in [4.69, 9.17) is 0 Å². The first kappa shape index (κ1) is 8.38. The quantitative estimate of drug-likeness (QED) is 0.425. The van der Waals surface area contributed by atoms with E-state index in [-0.39, 0.29) is 0 Å². The lowest BCUT2D eigenvalue weighted by Gasteiger charge is -2.28. The Kier molecular flexibility index (Phi) is 1.64. The van der Waals surface area contributed by atoms with Crippen LogP contribution in [0.5, 0.6) is 0 Å². The molecule has 0 aromatic heterocycles. The van der Waals surface area contributed by atoms with Gasteiger partial charge >= 0.3 is 0 Å². The third kappa shape index (κ3) is 1.45. The van der Waals surface area contributed by atoms with Crippen molar-refractivity contribution in [1.82, 2.24) is 0 Å². The SMILES string of the molecule is BC1(C)CCCCC(C2C3CC32)C1. The Balaban J connectivity index is 1.66. The zero-order chi connectivity index (χ0) is 9.05. The van der Waals surface area contributed by atoms with Crippen LogP contribution < -0.4 is 0 Å². The number of hydrogen-bond donors (Lipinski definition) is 0. The number of rotatable bonds is 1. The van der Waals surface area contributed by atoms with E-state index in [1.54, 1.807) is 12.8 Å². The molecule has 13 heavy (non-hydrogen) atoms. The molecule has 0 N–H and O–H groups in total. The lowest BCUT2D eigenvalue weighted by atomic mass is 9.63. The van der Waals surface area contributed by atoms with Gasteiger partial charge in [0, 0.05) is 0 Å². The molecule has 3 aliphatic rings. The van der Waals surface area contributed by atoms with Gasteiger partial charge in [0.1, 0.15) is 7.85 Å². The molecule has 0 aromatic rings. The van der Waals surface area contributed by atoms with Crippen molar-refractivity contribution in [1.29, 1.82) is 0 Å². The monoisotopic (exact) mass is 176 g/mol. The topological polar surface area (TPSA) is 0 Å². The second-order valence-corrected chi connectivity index (χ2v) is 6.51. The van der Waals surface area contributed by atoms with Crippen LogP contribution in [0.2, 0.25) is 5.31 Å². The minimum absolute atomic E-state index is 0.663. The van der Waals surface area contributed by atoms with E-state index in [2.05, 4.69) is 14.8 Å². The van der Waals surface area contributed by atoms with E-state index in [1.165, 1.54) is 43.4 Å². The van der Waals surface area contributed by atoms with Gasteiger partial charge in [-0.2, -0.15) is 0 Å². The Morgan fingerprint density at radius 1 is 1.23 bits per heavy atom. The molecule has 4 unspecified atom stereocenters. The zero-order valence-corrected chi connectivity index (χ0v) is 9.05. The Labute approximate surface area is 82.9 Å². The Hall–Kier alpha value is 0.0649. The molecule has 3 fully saturated rings. The summed E-state index contributed by atoms with van der Waals surface area (Å²) in [6.07, 6.45) is 9.18. The molecule has 0 spiro atoms. The van der Waals surface area contributed by atoms with Gasteiger partial charge in [-0.25, -0.2) is 0 Å². The van der Waals surface area contributed by atoms with Crippen molar-refractivity contribution < 1.29 is 0 Å². The summed E-state index contributed by atoms with van der Waals surface area (Å²) in [6.45, 7) is 2.49. The highest BCUT2D eigenvalue weighted by molar-refractivity contribution is 6.14. The maximum Gasteiger partial charge on any atom is 0.109 e. The average molecular weight is 176 g/mol. The van der Waals surface area contributed by atoms with E-state index < -0.39 is 0 Å². The van der Waals surface area contributed by atoms with Crippen LogP contribution in [-0.2, 0) is 0 Å². The van der Waals surface area contributed by atoms with E-state index >= 15 is 0 Å². The summed E-state index contributed by atoms with van der Waals surface area (Å²) >= 11 is 0. The fourth-order valence-corrected chi connectivity index (χ4v) is 3.78. The average Bonchev–Trinajstić information content (AvgIpc) is 2.78. The predicted octanol–water partition coefficient (Wildman–Crippen LogP) is 2.64. The molecule has 3 aliphatic carbocycles. The van der Waals surface area contributed by atoms with Crippen LogP contribution in [0.3, 0.4) is 0 Å². The fraction of sp³-hybridized carbons (Fsp3) is 1.00. The zero-order valence-electron chi connectivity index (χ0n) is 9.05. The lowest BCUT2D eigenvalue weighted by molar-refractivity contribution is 0.317. The van der Waals surface area contributed by atoms with Gasteiger partial charge in [-0.15, -0.1) is 0 Å². The Morgan fingerprint density at radius 3 is 2.62 bits per heavy atom. The van der Waals surface area contributed by atoms with E-state index in [9.17, 15) is 0 Å². The van der Waals surface area contributed by atoms with Crippen molar-refractivity contribution in [3.05, 3.63) is 0 Å². The molecular formula is C12H21B. The van der Waals surface area contributed by atoms with Gasteiger partial charge in [-0.1, -0.05) is 44.3 Å². The smallest absolute Gasteiger partial charge is 0.0669 e. The van der Waals surface area contributed by atoms with Crippen molar-refractivity contribution in [2.75, 3.05) is 0 Å². The Morgan fingerprint density at radius 2 is 2.00 bits per heavy atom. The molecule has 72 valence electrons. The third-order valence-corrected chi connectivity index (χ3v) is 4.78. The van der Waals surface area contributed by atoms with Crippen LogP contribution in [0.1, 0.15) is 45.4 Å². The summed E-state index contributed by atoms with van der Waals surface area (Å²) in [5.41, 5.74) is 0. The first-order chi connectivity index (χ1) is 6.17. The highest BCUT2D eigenvalue weighted by Gasteiger charge is 2.66. The van der Waals surface area contributed by atoms with Crippen molar-refractivity contribution in [2.45, 2.75) is 50.8 Å². The summed E-state index contributed by atoms with van der Waals surface area (Å²) in [7, 11) is 2.49. The van der Waals surface area contributed by atoms with Crippen molar-refractivity contribution >= 4 is 7.85 Å². The lowest BCUT2D eigenvalue weighted by Crippen LogP contribution is -2.15. The normalized spacial score (nSPS) is 59.5. The highest BCUT2D eigenvalue weighted by Crippen LogP contribution is 2.72. The minimum atomic E-state index is 0.663. The van der Waals surface area contributed by atoms with Gasteiger partial charge in [0.25, 0.3) is 0 Å². The van der Waals surface area contributed by atoms with Crippen molar-refractivity contribution in [3.63, 3.8) is 0 Å². The standard InChI is InChI=1S/C12H21B/c1-12(13)5-3-2-4-8(7-12)11-9-6-10(9)11/h8-11H,2-7,13H2,1H3. The molecule has 1 heteroatoms. The number of hydrogen-bond acceptors (Lipinski definition) is 0. The molecule has 0 amide bonds. The van der Waals surface area contributed by atoms with E-state index in [0.717, 1.165) is 5.92 Å². The van der Waals surface area contributed by atoms with Crippen LogP contribution >= 0.6 is 0 Å². The molecule has 0 radical (unpaired) electrons. The molecular weight excluding hydrogens is 155 g/mol. The molecule has 3 saturated carbocycles. The molecule has 0 aliphatic heterocycles. The minimum Gasteiger partial charge on any atom is -0.0669 e. The first-order valence-corrected chi connectivity index (χ1v) is 6.17. The van der Waals surface area contributed by atoms with Crippen LogP contribution in [0, 0.1) is 23.7 Å². The largest absolute Gasteiger partial charge is 0.109 e. The van der Waals surface area contributed by atoms with Gasteiger partial charge in [0.2, 0.25) is 0 Å². The number of fused-ring (bicyclic) bond motifs is 1. The molecule has 3 rings (SSSR count). The van der Waals surface area contributed by atoms with Crippen LogP contribution in [-0.4, -0.2) is 7.85 Å².